The van der Waals surface area contributed by atoms with E-state index in [0.717, 1.165) is 12.1 Å². The van der Waals surface area contributed by atoms with E-state index >= 15 is 0 Å². The molecule has 0 bridgehead atoms. The van der Waals surface area contributed by atoms with Gasteiger partial charge in [0.1, 0.15) is 0 Å². The molecule has 0 spiro atoms. The summed E-state index contributed by atoms with van der Waals surface area (Å²) in [5.41, 5.74) is 5.80. The van der Waals surface area contributed by atoms with Crippen molar-refractivity contribution in [2.75, 3.05) is 0 Å². The van der Waals surface area contributed by atoms with Gasteiger partial charge in [0, 0.05) is 5.56 Å². The van der Waals surface area contributed by atoms with Crippen LogP contribution in [0.4, 0.5) is 8.78 Å². The lowest BCUT2D eigenvalue weighted by Crippen LogP contribution is -2.36. The van der Waals surface area contributed by atoms with E-state index in [9.17, 15) is 8.78 Å². The smallest absolute Gasteiger partial charge is 0.258 e. The van der Waals surface area contributed by atoms with Crippen molar-refractivity contribution < 1.29 is 13.3 Å². The summed E-state index contributed by atoms with van der Waals surface area (Å²) in [7, 11) is 0. The molecule has 0 saturated heterocycles. The van der Waals surface area contributed by atoms with Crippen molar-refractivity contribution in [3.8, 4) is 11.5 Å². The Balaban J connectivity index is 2.38. The van der Waals surface area contributed by atoms with E-state index in [1.54, 1.807) is 0 Å². The summed E-state index contributed by atoms with van der Waals surface area (Å²) < 4.78 is 31.1. The third-order valence-corrected chi connectivity index (χ3v) is 3.30. The lowest BCUT2D eigenvalue weighted by atomic mass is 9.93. The Morgan fingerprint density at radius 3 is 2.47 bits per heavy atom. The van der Waals surface area contributed by atoms with Gasteiger partial charge < -0.3 is 10.3 Å². The molecule has 19 heavy (non-hydrogen) atoms. The lowest BCUT2D eigenvalue weighted by Gasteiger charge is -2.21. The van der Waals surface area contributed by atoms with Crippen LogP contribution < -0.4 is 5.73 Å². The minimum Gasteiger partial charge on any atom is -0.334 e. The monoisotopic (exact) mass is 267 g/mol. The highest BCUT2D eigenvalue weighted by atomic mass is 19.2. The van der Waals surface area contributed by atoms with Crippen LogP contribution in [0.2, 0.25) is 0 Å². The summed E-state index contributed by atoms with van der Waals surface area (Å²) in [6, 6.07) is 3.42. The zero-order valence-corrected chi connectivity index (χ0v) is 10.8. The molecule has 1 aromatic heterocycles. The maximum absolute atomic E-state index is 13.1. The van der Waals surface area contributed by atoms with Crippen molar-refractivity contribution >= 4 is 0 Å². The van der Waals surface area contributed by atoms with Crippen molar-refractivity contribution in [2.45, 2.75) is 32.2 Å². The molecule has 0 atom stereocenters. The number of nitrogens with two attached hydrogens (primary N) is 1. The molecule has 0 unspecified atom stereocenters. The molecule has 0 amide bonds. The van der Waals surface area contributed by atoms with Crippen molar-refractivity contribution in [3.05, 3.63) is 35.7 Å². The summed E-state index contributed by atoms with van der Waals surface area (Å²) in [4.78, 5) is 4.17. The summed E-state index contributed by atoms with van der Waals surface area (Å²) in [5.74, 6) is -1.37. The van der Waals surface area contributed by atoms with E-state index < -0.39 is 17.2 Å². The van der Waals surface area contributed by atoms with Crippen LogP contribution in [0, 0.1) is 11.6 Å². The number of benzene rings is 1. The second kappa shape index (κ2) is 5.05. The highest BCUT2D eigenvalue weighted by molar-refractivity contribution is 5.52. The van der Waals surface area contributed by atoms with Gasteiger partial charge in [0.05, 0.1) is 5.54 Å². The number of rotatable bonds is 4. The lowest BCUT2D eigenvalue weighted by molar-refractivity contribution is 0.350. The van der Waals surface area contributed by atoms with Crippen molar-refractivity contribution in [1.82, 2.24) is 10.1 Å². The summed E-state index contributed by atoms with van der Waals surface area (Å²) in [6.07, 6.45) is 1.31. The second-order valence-corrected chi connectivity index (χ2v) is 4.42. The normalized spacial score (nSPS) is 11.8. The SMILES string of the molecule is CCC(N)(CC)c1noc(-c2ccc(F)c(F)c2)n1. The Morgan fingerprint density at radius 2 is 1.89 bits per heavy atom. The Bertz CT molecular complexity index is 579. The Hall–Kier alpha value is -1.82. The van der Waals surface area contributed by atoms with Crippen LogP contribution in [0.1, 0.15) is 32.5 Å². The minimum absolute atomic E-state index is 0.130. The fourth-order valence-electron chi connectivity index (χ4n) is 1.74. The fraction of sp³-hybridized carbons (Fsp3) is 0.385. The van der Waals surface area contributed by atoms with E-state index in [0.29, 0.717) is 24.2 Å². The largest absolute Gasteiger partial charge is 0.334 e. The molecule has 0 radical (unpaired) electrons. The molecule has 0 aliphatic heterocycles. The van der Waals surface area contributed by atoms with Gasteiger partial charge >= 0.3 is 0 Å². The summed E-state index contributed by atoms with van der Waals surface area (Å²) >= 11 is 0. The zero-order valence-electron chi connectivity index (χ0n) is 10.8. The third kappa shape index (κ3) is 2.49. The topological polar surface area (TPSA) is 64.9 Å². The first kappa shape index (κ1) is 13.6. The van der Waals surface area contributed by atoms with E-state index in [1.165, 1.54) is 6.07 Å². The summed E-state index contributed by atoms with van der Waals surface area (Å²) in [6.45, 7) is 3.86. The van der Waals surface area contributed by atoms with E-state index in [1.807, 2.05) is 13.8 Å². The molecule has 0 saturated carbocycles. The highest BCUT2D eigenvalue weighted by Gasteiger charge is 2.29. The summed E-state index contributed by atoms with van der Waals surface area (Å²) in [5, 5.41) is 3.83. The first-order valence-electron chi connectivity index (χ1n) is 6.08. The number of aromatic nitrogens is 2. The van der Waals surface area contributed by atoms with Crippen LogP contribution >= 0.6 is 0 Å². The first-order chi connectivity index (χ1) is 9.00. The molecule has 1 heterocycles. The van der Waals surface area contributed by atoms with Crippen molar-refractivity contribution in [3.63, 3.8) is 0 Å². The van der Waals surface area contributed by atoms with Crippen LogP contribution in [-0.2, 0) is 5.54 Å². The van der Waals surface area contributed by atoms with Crippen LogP contribution in [0.15, 0.2) is 22.7 Å². The molecular weight excluding hydrogens is 252 g/mol. The van der Waals surface area contributed by atoms with Gasteiger partial charge in [0.15, 0.2) is 17.5 Å². The van der Waals surface area contributed by atoms with E-state index in [4.69, 9.17) is 10.3 Å². The standard InChI is InChI=1S/C13H15F2N3O/c1-3-13(16,4-2)12-17-11(19-18-12)8-5-6-9(14)10(15)7-8/h5-7H,3-4,16H2,1-2H3. The van der Waals surface area contributed by atoms with Crippen LogP contribution in [0.25, 0.3) is 11.5 Å². The predicted octanol–water partition coefficient (Wildman–Crippen LogP) is 2.99. The van der Waals surface area contributed by atoms with Gasteiger partial charge in [0.2, 0.25) is 0 Å². The Kier molecular flexibility index (Phi) is 3.61. The van der Waals surface area contributed by atoms with Crippen LogP contribution in [0.5, 0.6) is 0 Å². The number of halogens is 2. The zero-order chi connectivity index (χ0) is 14.0. The molecule has 0 aliphatic carbocycles. The molecule has 1 aromatic carbocycles. The van der Waals surface area contributed by atoms with Gasteiger partial charge in [-0.2, -0.15) is 4.98 Å². The van der Waals surface area contributed by atoms with Gasteiger partial charge in [0.25, 0.3) is 5.89 Å². The van der Waals surface area contributed by atoms with E-state index in [2.05, 4.69) is 10.1 Å². The van der Waals surface area contributed by atoms with Gasteiger partial charge in [-0.25, -0.2) is 8.78 Å². The number of hydrogen-bond donors (Lipinski definition) is 1. The van der Waals surface area contributed by atoms with Crippen LogP contribution in [-0.4, -0.2) is 10.1 Å². The molecule has 4 nitrogen and oxygen atoms in total. The van der Waals surface area contributed by atoms with Gasteiger partial charge in [-0.05, 0) is 31.0 Å². The van der Waals surface area contributed by atoms with Gasteiger partial charge in [-0.3, -0.25) is 0 Å². The maximum atomic E-state index is 13.1. The average Bonchev–Trinajstić information content (AvgIpc) is 2.91. The second-order valence-electron chi connectivity index (χ2n) is 4.42. The van der Waals surface area contributed by atoms with E-state index in [-0.39, 0.29) is 5.89 Å². The number of nitrogens with zero attached hydrogens (tertiary/aromatic N) is 2. The van der Waals surface area contributed by atoms with Gasteiger partial charge in [-0.1, -0.05) is 19.0 Å². The predicted molar refractivity (Wildman–Crippen MR) is 66.1 cm³/mol. The van der Waals surface area contributed by atoms with Gasteiger partial charge in [-0.15, -0.1) is 0 Å². The Labute approximate surface area is 109 Å². The molecule has 2 N–H and O–H groups in total. The number of hydrogen-bond acceptors (Lipinski definition) is 4. The molecular formula is C13H15F2N3O. The third-order valence-electron chi connectivity index (χ3n) is 3.30. The Morgan fingerprint density at radius 1 is 1.21 bits per heavy atom. The molecule has 0 fully saturated rings. The first-order valence-corrected chi connectivity index (χ1v) is 6.08. The molecule has 102 valence electrons. The van der Waals surface area contributed by atoms with Crippen molar-refractivity contribution in [1.29, 1.82) is 0 Å². The highest BCUT2D eigenvalue weighted by Crippen LogP contribution is 2.26. The molecule has 6 heteroatoms. The maximum Gasteiger partial charge on any atom is 0.258 e. The average molecular weight is 267 g/mol. The molecule has 2 rings (SSSR count). The molecule has 2 aromatic rings. The quantitative estimate of drug-likeness (QED) is 0.924. The van der Waals surface area contributed by atoms with Crippen LogP contribution in [0.3, 0.4) is 0 Å². The minimum atomic E-state index is -0.956. The van der Waals surface area contributed by atoms with Crippen molar-refractivity contribution in [2.24, 2.45) is 5.73 Å². The molecule has 0 aliphatic rings. The fourth-order valence-corrected chi connectivity index (χ4v) is 1.74.